The normalized spacial score (nSPS) is 14.0. The summed E-state index contributed by atoms with van der Waals surface area (Å²) >= 11 is 0. The topological polar surface area (TPSA) is 156 Å². The van der Waals surface area contributed by atoms with Gasteiger partial charge >= 0.3 is 18.1 Å². The number of carbonyl (C=O) groups excluding carboxylic acids is 1. The third kappa shape index (κ3) is 10.5. The fourth-order valence-corrected chi connectivity index (χ4v) is 4.72. The fourth-order valence-electron chi connectivity index (χ4n) is 3.65. The van der Waals surface area contributed by atoms with Crippen LogP contribution in [0.2, 0.25) is 0 Å². The predicted molar refractivity (Wildman–Crippen MR) is 141 cm³/mol. The summed E-state index contributed by atoms with van der Waals surface area (Å²) in [6, 6.07) is 8.62. The van der Waals surface area contributed by atoms with Crippen molar-refractivity contribution in [2.45, 2.75) is 30.8 Å². The lowest BCUT2D eigenvalue weighted by Gasteiger charge is -2.36. The molecule has 0 aliphatic carbocycles. The summed E-state index contributed by atoms with van der Waals surface area (Å²) in [4.78, 5) is 36.3. The van der Waals surface area contributed by atoms with Crippen LogP contribution in [-0.2, 0) is 19.6 Å². The Balaban J connectivity index is 0.000000745. The number of sulfonamides is 1. The first kappa shape index (κ1) is 33.3. The lowest BCUT2D eigenvalue weighted by atomic mass is 10.1. The number of halogens is 4. The Morgan fingerprint density at radius 2 is 1.56 bits per heavy atom. The highest BCUT2D eigenvalue weighted by Gasteiger charge is 2.38. The number of benzene rings is 2. The molecule has 0 bridgehead atoms. The molecule has 2 aromatic carbocycles. The van der Waals surface area contributed by atoms with Crippen LogP contribution in [-0.4, -0.2) is 86.8 Å². The number of piperazine rings is 1. The Kier molecular flexibility index (Phi) is 11.9. The summed E-state index contributed by atoms with van der Waals surface area (Å²) in [6.45, 7) is 5.24. The number of carbonyl (C=O) groups is 3. The van der Waals surface area contributed by atoms with Crippen molar-refractivity contribution in [3.8, 4) is 0 Å². The van der Waals surface area contributed by atoms with Crippen LogP contribution in [0.25, 0.3) is 0 Å². The third-order valence-electron chi connectivity index (χ3n) is 5.79. The zero-order valence-electron chi connectivity index (χ0n) is 21.9. The molecule has 0 spiro atoms. The maximum atomic E-state index is 13.2. The van der Waals surface area contributed by atoms with E-state index in [1.54, 1.807) is 6.07 Å². The van der Waals surface area contributed by atoms with Crippen LogP contribution in [0.5, 0.6) is 0 Å². The number of aliphatic carboxylic acids is 1. The zero-order chi connectivity index (χ0) is 30.8. The van der Waals surface area contributed by atoms with E-state index in [-0.39, 0.29) is 22.1 Å². The Morgan fingerprint density at radius 1 is 0.976 bits per heavy atom. The molecule has 226 valence electrons. The second-order valence-electron chi connectivity index (χ2n) is 8.87. The molecule has 0 aromatic heterocycles. The van der Waals surface area contributed by atoms with E-state index >= 15 is 0 Å². The summed E-state index contributed by atoms with van der Waals surface area (Å²) < 4.78 is 73.1. The van der Waals surface area contributed by atoms with Crippen LogP contribution in [0.15, 0.2) is 47.4 Å². The van der Waals surface area contributed by atoms with Crippen LogP contribution in [0.3, 0.4) is 0 Å². The summed E-state index contributed by atoms with van der Waals surface area (Å²) in [5.41, 5.74) is 0.584. The standard InChI is InChI=1S/C23H29FN4O5S.C2HF3O2/c1-2-3-10-25-22(29)16-27-11-13-28(14-12-27)21-9-4-17(23(30)31)15-20(21)26-34(32,33)19-7-5-18(24)6-8-19;3-2(4,5)1(6)7/h4-9,15,26H,2-3,10-14,16H2,1H3,(H,25,29)(H,30,31);(H,6,7). The van der Waals surface area contributed by atoms with Crippen molar-refractivity contribution in [3.63, 3.8) is 0 Å². The van der Waals surface area contributed by atoms with Crippen molar-refractivity contribution in [2.24, 2.45) is 0 Å². The molecule has 1 aliphatic rings. The monoisotopic (exact) mass is 606 g/mol. The van der Waals surface area contributed by atoms with Gasteiger partial charge in [-0.25, -0.2) is 22.4 Å². The molecule has 16 heteroatoms. The maximum absolute atomic E-state index is 13.2. The summed E-state index contributed by atoms with van der Waals surface area (Å²) in [5, 5.41) is 19.4. The number of carboxylic acid groups (broad SMARTS) is 2. The maximum Gasteiger partial charge on any atom is 0.490 e. The molecule has 1 heterocycles. The molecule has 0 saturated carbocycles. The summed E-state index contributed by atoms with van der Waals surface area (Å²) in [6.07, 6.45) is -3.14. The van der Waals surface area contributed by atoms with Crippen LogP contribution in [0.4, 0.5) is 28.9 Å². The van der Waals surface area contributed by atoms with Gasteiger partial charge in [0.15, 0.2) is 0 Å². The van der Waals surface area contributed by atoms with Gasteiger partial charge in [0.05, 0.1) is 28.4 Å². The number of rotatable bonds is 10. The van der Waals surface area contributed by atoms with Crippen molar-refractivity contribution in [2.75, 3.05) is 48.9 Å². The first-order valence-corrected chi connectivity index (χ1v) is 13.8. The molecule has 1 saturated heterocycles. The Bertz CT molecular complexity index is 1310. The SMILES string of the molecule is CCCCNC(=O)CN1CCN(c2ccc(C(=O)O)cc2NS(=O)(=O)c2ccc(F)cc2)CC1.O=C(O)C(F)(F)F. The van der Waals surface area contributed by atoms with Gasteiger partial charge in [-0.3, -0.25) is 14.4 Å². The van der Waals surface area contributed by atoms with E-state index in [0.29, 0.717) is 45.0 Å². The van der Waals surface area contributed by atoms with Gasteiger partial charge < -0.3 is 20.4 Å². The van der Waals surface area contributed by atoms with Gasteiger partial charge in [0, 0.05) is 32.7 Å². The Hall–Kier alpha value is -3.92. The van der Waals surface area contributed by atoms with Gasteiger partial charge in [0.2, 0.25) is 5.91 Å². The first-order chi connectivity index (χ1) is 19.1. The molecule has 0 unspecified atom stereocenters. The van der Waals surface area contributed by atoms with E-state index in [1.807, 2.05) is 9.80 Å². The summed E-state index contributed by atoms with van der Waals surface area (Å²) in [5.74, 6) is -4.54. The molecule has 1 amide bonds. The van der Waals surface area contributed by atoms with Gasteiger partial charge in [0.1, 0.15) is 5.82 Å². The van der Waals surface area contributed by atoms with Gasteiger partial charge in [0.25, 0.3) is 10.0 Å². The van der Waals surface area contributed by atoms with Crippen molar-refractivity contribution in [1.82, 2.24) is 10.2 Å². The van der Waals surface area contributed by atoms with Crippen molar-refractivity contribution in [1.29, 1.82) is 0 Å². The Morgan fingerprint density at radius 3 is 2.07 bits per heavy atom. The largest absolute Gasteiger partial charge is 0.490 e. The number of hydrogen-bond acceptors (Lipinski definition) is 7. The molecule has 41 heavy (non-hydrogen) atoms. The van der Waals surface area contributed by atoms with E-state index < -0.39 is 34.0 Å². The molecule has 3 rings (SSSR count). The molecule has 4 N–H and O–H groups in total. The molecular weight excluding hydrogens is 576 g/mol. The second-order valence-corrected chi connectivity index (χ2v) is 10.5. The van der Waals surface area contributed by atoms with Crippen LogP contribution in [0.1, 0.15) is 30.1 Å². The van der Waals surface area contributed by atoms with Gasteiger partial charge in [-0.1, -0.05) is 13.3 Å². The predicted octanol–water partition coefficient (Wildman–Crippen LogP) is 3.00. The van der Waals surface area contributed by atoms with Crippen LogP contribution >= 0.6 is 0 Å². The average Bonchev–Trinajstić information content (AvgIpc) is 2.89. The van der Waals surface area contributed by atoms with Gasteiger partial charge in [-0.15, -0.1) is 0 Å². The van der Waals surface area contributed by atoms with Gasteiger partial charge in [-0.2, -0.15) is 13.2 Å². The summed E-state index contributed by atoms with van der Waals surface area (Å²) in [7, 11) is -4.07. The lowest BCUT2D eigenvalue weighted by Crippen LogP contribution is -2.49. The van der Waals surface area contributed by atoms with Crippen molar-refractivity contribution in [3.05, 3.63) is 53.8 Å². The smallest absolute Gasteiger partial charge is 0.478 e. The highest BCUT2D eigenvalue weighted by molar-refractivity contribution is 7.92. The number of nitrogens with zero attached hydrogens (tertiary/aromatic N) is 2. The van der Waals surface area contributed by atoms with E-state index in [9.17, 15) is 40.7 Å². The second kappa shape index (κ2) is 14.6. The highest BCUT2D eigenvalue weighted by atomic mass is 32.2. The molecule has 1 fully saturated rings. The molecule has 2 aromatic rings. The quantitative estimate of drug-likeness (QED) is 0.236. The van der Waals surface area contributed by atoms with Crippen molar-refractivity contribution >= 4 is 39.2 Å². The molecule has 1 aliphatic heterocycles. The molecule has 0 radical (unpaired) electrons. The highest BCUT2D eigenvalue weighted by Crippen LogP contribution is 2.30. The minimum absolute atomic E-state index is 0.0274. The number of alkyl halides is 3. The minimum Gasteiger partial charge on any atom is -0.478 e. The third-order valence-corrected chi connectivity index (χ3v) is 7.17. The minimum atomic E-state index is -5.08. The van der Waals surface area contributed by atoms with E-state index in [1.165, 1.54) is 12.1 Å². The number of nitrogens with one attached hydrogen (secondary N) is 2. The van der Waals surface area contributed by atoms with Crippen molar-refractivity contribution < 1.29 is 50.6 Å². The zero-order valence-corrected chi connectivity index (χ0v) is 22.8. The van der Waals surface area contributed by atoms with E-state index in [2.05, 4.69) is 17.0 Å². The molecule has 0 atom stereocenters. The first-order valence-electron chi connectivity index (χ1n) is 12.3. The lowest BCUT2D eigenvalue weighted by molar-refractivity contribution is -0.192. The number of aromatic carboxylic acids is 1. The molecular formula is C25H30F4N4O7S. The number of carboxylic acids is 2. The van der Waals surface area contributed by atoms with Gasteiger partial charge in [-0.05, 0) is 48.9 Å². The van der Waals surface area contributed by atoms with E-state index in [4.69, 9.17) is 9.90 Å². The average molecular weight is 607 g/mol. The fraction of sp³-hybridized carbons (Fsp3) is 0.400. The van der Waals surface area contributed by atoms with Crippen LogP contribution in [0, 0.1) is 5.82 Å². The Labute approximate surface area is 233 Å². The van der Waals surface area contributed by atoms with Crippen LogP contribution < -0.4 is 14.9 Å². The van der Waals surface area contributed by atoms with E-state index in [0.717, 1.165) is 37.1 Å². The molecule has 11 nitrogen and oxygen atoms in total. The number of anilines is 2. The number of unbranched alkanes of at least 4 members (excludes halogenated alkanes) is 1. The number of amides is 1. The number of hydrogen-bond donors (Lipinski definition) is 4.